The summed E-state index contributed by atoms with van der Waals surface area (Å²) in [6.45, 7) is 1.81. The molecule has 0 spiro atoms. The Labute approximate surface area is 155 Å². The van der Waals surface area contributed by atoms with Gasteiger partial charge in [0.15, 0.2) is 0 Å². The maximum absolute atomic E-state index is 12.3. The summed E-state index contributed by atoms with van der Waals surface area (Å²) in [7, 11) is -2.29. The number of nitrogens with one attached hydrogen (secondary N) is 2. The molecule has 1 atom stereocenters. The fourth-order valence-electron chi connectivity index (χ4n) is 2.10. The molecule has 0 unspecified atom stereocenters. The van der Waals surface area contributed by atoms with Gasteiger partial charge < -0.3 is 10.1 Å². The van der Waals surface area contributed by atoms with Crippen molar-refractivity contribution in [2.75, 3.05) is 7.11 Å². The smallest absolute Gasteiger partial charge is 0.241 e. The number of sulfonamides is 1. The van der Waals surface area contributed by atoms with Gasteiger partial charge in [0.05, 0.1) is 18.0 Å². The first-order valence-electron chi connectivity index (χ1n) is 7.50. The van der Waals surface area contributed by atoms with E-state index in [-0.39, 0.29) is 4.90 Å². The van der Waals surface area contributed by atoms with Crippen LogP contribution in [-0.2, 0) is 21.4 Å². The summed E-state index contributed by atoms with van der Waals surface area (Å²) in [5, 5.41) is 2.71. The minimum atomic E-state index is -3.79. The highest BCUT2D eigenvalue weighted by Crippen LogP contribution is 2.15. The summed E-state index contributed by atoms with van der Waals surface area (Å²) < 4.78 is 32.9. The third-order valence-electron chi connectivity index (χ3n) is 3.45. The fourth-order valence-corrected chi connectivity index (χ4v) is 3.75. The molecule has 2 aromatic rings. The first-order valence-corrected chi connectivity index (χ1v) is 9.78. The predicted octanol–water partition coefficient (Wildman–Crippen LogP) is 2.44. The molecule has 0 saturated heterocycles. The second-order valence-corrected chi connectivity index (χ2v) is 8.00. The molecule has 25 heavy (non-hydrogen) atoms. The van der Waals surface area contributed by atoms with E-state index in [1.165, 1.54) is 26.2 Å². The van der Waals surface area contributed by atoms with E-state index < -0.39 is 22.0 Å². The highest BCUT2D eigenvalue weighted by atomic mass is 79.9. The maximum Gasteiger partial charge on any atom is 0.241 e. The summed E-state index contributed by atoms with van der Waals surface area (Å²) in [6, 6.07) is 12.5. The lowest BCUT2D eigenvalue weighted by atomic mass is 10.2. The van der Waals surface area contributed by atoms with Gasteiger partial charge in [-0.2, -0.15) is 4.72 Å². The van der Waals surface area contributed by atoms with Crippen molar-refractivity contribution >= 4 is 31.9 Å². The first-order chi connectivity index (χ1) is 11.8. The molecule has 0 bridgehead atoms. The molecule has 0 radical (unpaired) electrons. The average molecular weight is 427 g/mol. The number of carbonyl (C=O) groups excluding carboxylic acids is 1. The Morgan fingerprint density at radius 1 is 1.20 bits per heavy atom. The van der Waals surface area contributed by atoms with Gasteiger partial charge in [0, 0.05) is 11.0 Å². The Hall–Kier alpha value is -1.90. The third kappa shape index (κ3) is 5.55. The molecule has 8 heteroatoms. The zero-order valence-corrected chi connectivity index (χ0v) is 16.2. The molecule has 0 aliphatic carbocycles. The summed E-state index contributed by atoms with van der Waals surface area (Å²) in [5.74, 6) is 0.149. The first kappa shape index (κ1) is 19.4. The molecular formula is C17H19BrN2O4S. The second kappa shape index (κ2) is 8.46. The van der Waals surface area contributed by atoms with E-state index >= 15 is 0 Å². The van der Waals surface area contributed by atoms with E-state index in [0.29, 0.717) is 12.3 Å². The number of methoxy groups -OCH3 is 1. The van der Waals surface area contributed by atoms with Crippen LogP contribution in [0.15, 0.2) is 57.9 Å². The van der Waals surface area contributed by atoms with E-state index in [1.807, 2.05) is 24.3 Å². The summed E-state index contributed by atoms with van der Waals surface area (Å²) in [4.78, 5) is 12.2. The molecular weight excluding hydrogens is 408 g/mol. The van der Waals surface area contributed by atoms with Crippen LogP contribution in [0.25, 0.3) is 0 Å². The Kier molecular flexibility index (Phi) is 6.57. The lowest BCUT2D eigenvalue weighted by molar-refractivity contribution is -0.122. The van der Waals surface area contributed by atoms with Gasteiger partial charge >= 0.3 is 0 Å². The minimum Gasteiger partial charge on any atom is -0.497 e. The number of benzene rings is 2. The Morgan fingerprint density at radius 2 is 1.88 bits per heavy atom. The Balaban J connectivity index is 1.96. The molecule has 2 aromatic carbocycles. The summed E-state index contributed by atoms with van der Waals surface area (Å²) >= 11 is 3.36. The monoisotopic (exact) mass is 426 g/mol. The minimum absolute atomic E-state index is 0.0694. The fraction of sp³-hybridized carbons (Fsp3) is 0.235. The van der Waals surface area contributed by atoms with Crippen molar-refractivity contribution in [3.05, 3.63) is 58.6 Å². The standard InChI is InChI=1S/C17H19BrN2O4S/c1-12(17(21)19-11-13-4-3-5-14(18)10-13)20-25(22,23)16-8-6-15(24-2)7-9-16/h3-10,12,20H,11H2,1-2H3,(H,19,21)/t12-/m0/s1. The van der Waals surface area contributed by atoms with Gasteiger partial charge in [-0.25, -0.2) is 8.42 Å². The molecule has 0 heterocycles. The molecule has 134 valence electrons. The van der Waals surface area contributed by atoms with Crippen LogP contribution in [0.3, 0.4) is 0 Å². The SMILES string of the molecule is COc1ccc(S(=O)(=O)N[C@@H](C)C(=O)NCc2cccc(Br)c2)cc1. The van der Waals surface area contributed by atoms with Crippen molar-refractivity contribution in [1.29, 1.82) is 0 Å². The molecule has 0 aliphatic heterocycles. The molecule has 1 amide bonds. The number of hydrogen-bond donors (Lipinski definition) is 2. The van der Waals surface area contributed by atoms with Gasteiger partial charge in [0.1, 0.15) is 5.75 Å². The van der Waals surface area contributed by atoms with Gasteiger partial charge in [0.2, 0.25) is 15.9 Å². The third-order valence-corrected chi connectivity index (χ3v) is 5.50. The second-order valence-electron chi connectivity index (χ2n) is 5.37. The van der Waals surface area contributed by atoms with Crippen molar-refractivity contribution in [2.45, 2.75) is 24.4 Å². The summed E-state index contributed by atoms with van der Waals surface area (Å²) in [6.07, 6.45) is 0. The van der Waals surface area contributed by atoms with Gasteiger partial charge in [-0.3, -0.25) is 4.79 Å². The maximum atomic E-state index is 12.3. The van der Waals surface area contributed by atoms with Gasteiger partial charge in [-0.1, -0.05) is 28.1 Å². The van der Waals surface area contributed by atoms with Crippen LogP contribution in [0.4, 0.5) is 0 Å². The molecule has 0 saturated carbocycles. The van der Waals surface area contributed by atoms with Crippen LogP contribution in [0.2, 0.25) is 0 Å². The van der Waals surface area contributed by atoms with Crippen molar-refractivity contribution in [1.82, 2.24) is 10.0 Å². The van der Waals surface area contributed by atoms with E-state index in [4.69, 9.17) is 4.74 Å². The molecule has 2 N–H and O–H groups in total. The van der Waals surface area contributed by atoms with Crippen molar-refractivity contribution in [2.24, 2.45) is 0 Å². The number of hydrogen-bond acceptors (Lipinski definition) is 4. The average Bonchev–Trinajstić information content (AvgIpc) is 2.59. The zero-order valence-electron chi connectivity index (χ0n) is 13.8. The normalized spacial score (nSPS) is 12.4. The lowest BCUT2D eigenvalue weighted by Crippen LogP contribution is -2.44. The van der Waals surface area contributed by atoms with Crippen molar-refractivity contribution in [3.8, 4) is 5.75 Å². The van der Waals surface area contributed by atoms with Crippen LogP contribution in [0.1, 0.15) is 12.5 Å². The Morgan fingerprint density at radius 3 is 2.48 bits per heavy atom. The number of rotatable bonds is 7. The van der Waals surface area contributed by atoms with E-state index in [9.17, 15) is 13.2 Å². The van der Waals surface area contributed by atoms with Crippen LogP contribution in [-0.4, -0.2) is 27.5 Å². The van der Waals surface area contributed by atoms with Crippen molar-refractivity contribution < 1.29 is 17.9 Å². The topological polar surface area (TPSA) is 84.5 Å². The number of amides is 1. The van der Waals surface area contributed by atoms with Gasteiger partial charge in [0.25, 0.3) is 0 Å². The largest absolute Gasteiger partial charge is 0.497 e. The van der Waals surface area contributed by atoms with Crippen LogP contribution in [0, 0.1) is 0 Å². The Bertz CT molecular complexity index is 838. The lowest BCUT2D eigenvalue weighted by Gasteiger charge is -2.15. The highest BCUT2D eigenvalue weighted by Gasteiger charge is 2.21. The number of carbonyl (C=O) groups is 1. The molecule has 2 rings (SSSR count). The van der Waals surface area contributed by atoms with Crippen LogP contribution >= 0.6 is 15.9 Å². The van der Waals surface area contributed by atoms with E-state index in [1.54, 1.807) is 12.1 Å². The number of ether oxygens (including phenoxy) is 1. The highest BCUT2D eigenvalue weighted by molar-refractivity contribution is 9.10. The van der Waals surface area contributed by atoms with Crippen LogP contribution < -0.4 is 14.8 Å². The van der Waals surface area contributed by atoms with Crippen molar-refractivity contribution in [3.63, 3.8) is 0 Å². The van der Waals surface area contributed by atoms with Gasteiger partial charge in [-0.15, -0.1) is 0 Å². The quantitative estimate of drug-likeness (QED) is 0.711. The summed E-state index contributed by atoms with van der Waals surface area (Å²) in [5.41, 5.74) is 0.910. The number of halogens is 1. The predicted molar refractivity (Wildman–Crippen MR) is 98.8 cm³/mol. The van der Waals surface area contributed by atoms with E-state index in [2.05, 4.69) is 26.0 Å². The molecule has 0 aromatic heterocycles. The van der Waals surface area contributed by atoms with Crippen LogP contribution in [0.5, 0.6) is 5.75 Å². The zero-order chi connectivity index (χ0) is 18.4. The molecule has 0 fully saturated rings. The molecule has 6 nitrogen and oxygen atoms in total. The van der Waals surface area contributed by atoms with E-state index in [0.717, 1.165) is 10.0 Å². The molecule has 0 aliphatic rings. The van der Waals surface area contributed by atoms with Gasteiger partial charge in [-0.05, 0) is 48.9 Å².